The van der Waals surface area contributed by atoms with E-state index >= 15 is 0 Å². The first-order valence-corrected chi connectivity index (χ1v) is 26.3. The van der Waals surface area contributed by atoms with Crippen molar-refractivity contribution in [2.75, 3.05) is 0 Å². The van der Waals surface area contributed by atoms with E-state index in [-0.39, 0.29) is 0 Å². The van der Waals surface area contributed by atoms with Gasteiger partial charge in [-0.3, -0.25) is 0 Å². The summed E-state index contributed by atoms with van der Waals surface area (Å²) in [5.74, 6) is 0. The summed E-state index contributed by atoms with van der Waals surface area (Å²) < 4.78 is 0. The molecule has 0 unspecified atom stereocenters. The van der Waals surface area contributed by atoms with E-state index in [2.05, 4.69) is 303 Å². The molecule has 0 saturated carbocycles. The van der Waals surface area contributed by atoms with Gasteiger partial charge in [0.25, 0.3) is 0 Å². The summed E-state index contributed by atoms with van der Waals surface area (Å²) in [6.45, 7) is 0. The summed E-state index contributed by atoms with van der Waals surface area (Å²) in [7, 11) is 0. The van der Waals surface area contributed by atoms with Gasteiger partial charge in [-0.1, -0.05) is 267 Å². The first kappa shape index (κ1) is 44.8. The number of hydrogen-bond donors (Lipinski definition) is 0. The van der Waals surface area contributed by atoms with Gasteiger partial charge in [0.15, 0.2) is 0 Å². The Morgan fingerprint density at radius 2 is 0.303 bits per heavy atom. The molecule has 0 amide bonds. The van der Waals surface area contributed by atoms with E-state index in [0.29, 0.717) is 0 Å². The lowest BCUT2D eigenvalue weighted by Gasteiger charge is -2.21. The lowest BCUT2D eigenvalue weighted by molar-refractivity contribution is 1.59. The summed E-state index contributed by atoms with van der Waals surface area (Å²) in [5.41, 5.74) is 21.7. The molecule has 0 atom stereocenters. The SMILES string of the molecule is c1ccc(-c2cccc(-c3c4ccccc4c(-c4cccc(-c5ccccc5)c4)c4cc(-c5ccc6c(-c7cccc(-c8ccccc8)c7)c7ccccc7c(-c7cccc(-c8ccccc8)c7)c6c5)ccc34)c2)cc1. The van der Waals surface area contributed by atoms with Crippen molar-refractivity contribution >= 4 is 43.1 Å². The second-order valence-electron chi connectivity index (χ2n) is 19.9. The highest BCUT2D eigenvalue weighted by molar-refractivity contribution is 6.24. The maximum Gasteiger partial charge on any atom is -0.00259 e. The van der Waals surface area contributed by atoms with Crippen LogP contribution in [-0.4, -0.2) is 0 Å². The Kier molecular flexibility index (Phi) is 11.3. The third-order valence-corrected chi connectivity index (χ3v) is 15.4. The molecule has 0 aromatic heterocycles. The van der Waals surface area contributed by atoms with Crippen molar-refractivity contribution in [2.45, 2.75) is 0 Å². The van der Waals surface area contributed by atoms with Crippen LogP contribution in [0.4, 0.5) is 0 Å². The Morgan fingerprint density at radius 1 is 0.105 bits per heavy atom. The fourth-order valence-corrected chi connectivity index (χ4v) is 11.9. The lowest BCUT2D eigenvalue weighted by atomic mass is 9.82. The zero-order valence-electron chi connectivity index (χ0n) is 41.9. The zero-order chi connectivity index (χ0) is 50.4. The van der Waals surface area contributed by atoms with E-state index in [1.54, 1.807) is 0 Å². The summed E-state index contributed by atoms with van der Waals surface area (Å²) in [6, 6.07) is 112. The fourth-order valence-electron chi connectivity index (χ4n) is 11.9. The van der Waals surface area contributed by atoms with Crippen molar-refractivity contribution in [1.29, 1.82) is 0 Å². The molecule has 0 heteroatoms. The maximum atomic E-state index is 2.47. The first-order chi connectivity index (χ1) is 37.7. The first-order valence-electron chi connectivity index (χ1n) is 26.3. The Bertz CT molecular complexity index is 4180. The lowest BCUT2D eigenvalue weighted by Crippen LogP contribution is -1.94. The van der Waals surface area contributed by atoms with Crippen molar-refractivity contribution < 1.29 is 0 Å². The van der Waals surface area contributed by atoms with Gasteiger partial charge in [0.1, 0.15) is 0 Å². The molecule has 0 radical (unpaired) electrons. The smallest absolute Gasteiger partial charge is 0.00259 e. The number of rotatable bonds is 9. The molecule has 0 saturated heterocycles. The van der Waals surface area contributed by atoms with Crippen LogP contribution in [0.15, 0.2) is 303 Å². The van der Waals surface area contributed by atoms with Crippen LogP contribution in [0, 0.1) is 0 Å². The van der Waals surface area contributed by atoms with Crippen molar-refractivity contribution in [2.24, 2.45) is 0 Å². The van der Waals surface area contributed by atoms with E-state index in [4.69, 9.17) is 0 Å². The summed E-state index contributed by atoms with van der Waals surface area (Å²) >= 11 is 0. The average Bonchev–Trinajstić information content (AvgIpc) is 3.52. The molecule has 0 fully saturated rings. The second-order valence-corrected chi connectivity index (χ2v) is 19.9. The molecular formula is C76H50. The monoisotopic (exact) mass is 962 g/mol. The molecule has 0 aliphatic rings. The standard InChI is InChI=1S/C76H50/c1-5-21-51(22-6-1)55-29-17-33-61(45-55)73-65-37-13-15-39-67(65)75(63-35-19-31-57(47-63)53-25-9-3-10-26-53)71-49-59(41-43-69(71)73)60-42-44-70-72(50-60)76(64-36-20-32-58(48-64)54-27-11-4-12-28-54)68-40-16-14-38-66(68)74(70)62-34-18-30-56(46-62)52-23-7-2-8-24-52/h1-50H. The normalized spacial score (nSPS) is 11.4. The van der Waals surface area contributed by atoms with Gasteiger partial charge in [0, 0.05) is 0 Å². The van der Waals surface area contributed by atoms with E-state index in [1.165, 1.54) is 143 Å². The van der Waals surface area contributed by atoms with Crippen LogP contribution in [0.1, 0.15) is 0 Å². The highest BCUT2D eigenvalue weighted by Gasteiger charge is 2.22. The maximum absolute atomic E-state index is 2.47. The minimum Gasteiger partial charge on any atom is -0.0622 e. The Labute approximate surface area is 444 Å². The quantitative estimate of drug-likeness (QED) is 0.126. The average molecular weight is 963 g/mol. The minimum absolute atomic E-state index is 1.17. The predicted octanol–water partition coefficient (Wildman–Crippen LogP) is 21.3. The van der Waals surface area contributed by atoms with Gasteiger partial charge >= 0.3 is 0 Å². The number of hydrogen-bond acceptors (Lipinski definition) is 0. The molecule has 0 nitrogen and oxygen atoms in total. The third-order valence-electron chi connectivity index (χ3n) is 15.4. The van der Waals surface area contributed by atoms with E-state index in [0.717, 1.165) is 0 Å². The molecule has 76 heavy (non-hydrogen) atoms. The van der Waals surface area contributed by atoms with Crippen LogP contribution < -0.4 is 0 Å². The third kappa shape index (κ3) is 8.05. The van der Waals surface area contributed by atoms with Gasteiger partial charge in [-0.15, -0.1) is 0 Å². The Hall–Kier alpha value is -9.88. The van der Waals surface area contributed by atoms with Crippen LogP contribution >= 0.6 is 0 Å². The second kappa shape index (κ2) is 19.2. The molecule has 14 aromatic carbocycles. The van der Waals surface area contributed by atoms with Crippen LogP contribution in [0.5, 0.6) is 0 Å². The van der Waals surface area contributed by atoms with Crippen molar-refractivity contribution in [3.05, 3.63) is 303 Å². The summed E-state index contributed by atoms with van der Waals surface area (Å²) in [6.07, 6.45) is 0. The largest absolute Gasteiger partial charge is 0.0622 e. The molecule has 0 spiro atoms. The minimum atomic E-state index is 1.17. The van der Waals surface area contributed by atoms with Gasteiger partial charge in [-0.25, -0.2) is 0 Å². The molecule has 0 aliphatic heterocycles. The van der Waals surface area contributed by atoms with Crippen LogP contribution in [-0.2, 0) is 0 Å². The predicted molar refractivity (Wildman–Crippen MR) is 325 cm³/mol. The van der Waals surface area contributed by atoms with Gasteiger partial charge in [0.05, 0.1) is 0 Å². The van der Waals surface area contributed by atoms with E-state index in [9.17, 15) is 0 Å². The zero-order valence-corrected chi connectivity index (χ0v) is 41.9. The highest BCUT2D eigenvalue weighted by atomic mass is 14.2. The number of benzene rings is 14. The topological polar surface area (TPSA) is 0 Å². The molecule has 354 valence electrons. The molecule has 0 bridgehead atoms. The molecular weight excluding hydrogens is 913 g/mol. The molecule has 0 heterocycles. The molecule has 14 rings (SSSR count). The van der Waals surface area contributed by atoms with Crippen molar-refractivity contribution in [1.82, 2.24) is 0 Å². The van der Waals surface area contributed by atoms with Crippen molar-refractivity contribution in [3.63, 3.8) is 0 Å². The van der Waals surface area contributed by atoms with Gasteiger partial charge in [-0.05, 0) is 180 Å². The Morgan fingerprint density at radius 3 is 0.579 bits per heavy atom. The van der Waals surface area contributed by atoms with Crippen molar-refractivity contribution in [3.8, 4) is 100 Å². The van der Waals surface area contributed by atoms with Gasteiger partial charge < -0.3 is 0 Å². The molecule has 0 aliphatic carbocycles. The van der Waals surface area contributed by atoms with Gasteiger partial charge in [-0.2, -0.15) is 0 Å². The van der Waals surface area contributed by atoms with Gasteiger partial charge in [0.2, 0.25) is 0 Å². The Balaban J connectivity index is 1.04. The number of fused-ring (bicyclic) bond motifs is 4. The summed E-state index contributed by atoms with van der Waals surface area (Å²) in [4.78, 5) is 0. The summed E-state index contributed by atoms with van der Waals surface area (Å²) in [5, 5.41) is 9.80. The van der Waals surface area contributed by atoms with Crippen LogP contribution in [0.3, 0.4) is 0 Å². The highest BCUT2D eigenvalue weighted by Crippen LogP contribution is 2.49. The molecule has 14 aromatic rings. The van der Waals surface area contributed by atoms with E-state index in [1.807, 2.05) is 0 Å². The molecule has 0 N–H and O–H groups in total. The van der Waals surface area contributed by atoms with Crippen LogP contribution in [0.2, 0.25) is 0 Å². The van der Waals surface area contributed by atoms with Crippen LogP contribution in [0.25, 0.3) is 143 Å². The fraction of sp³-hybridized carbons (Fsp3) is 0. The van der Waals surface area contributed by atoms with E-state index < -0.39 is 0 Å².